The monoisotopic (exact) mass is 165 g/mol. The maximum atomic E-state index is 4.17. The van der Waals surface area contributed by atoms with Crippen LogP contribution in [0.2, 0.25) is 0 Å². The van der Waals surface area contributed by atoms with Gasteiger partial charge < -0.3 is 0 Å². The molecule has 2 nitrogen and oxygen atoms in total. The summed E-state index contributed by atoms with van der Waals surface area (Å²) in [5.41, 5.74) is 1.29. The smallest absolute Gasteiger partial charge is 0.113 e. The number of aromatic nitrogens is 2. The van der Waals surface area contributed by atoms with Crippen molar-refractivity contribution in [2.45, 2.75) is 46.1 Å². The van der Waals surface area contributed by atoms with Gasteiger partial charge in [-0.3, -0.25) is 4.68 Å². The van der Waals surface area contributed by atoms with Crippen LogP contribution in [0.25, 0.3) is 0 Å². The molecular weight excluding hydrogens is 148 g/mol. The van der Waals surface area contributed by atoms with Gasteiger partial charge in [-0.15, -0.1) is 0 Å². The number of hydrogen-bond donors (Lipinski definition) is 0. The minimum atomic E-state index is 0.556. The molecule has 1 radical (unpaired) electrons. The molecule has 67 valence electrons. The minimum Gasteiger partial charge on any atom is -0.269 e. The molecule has 1 aromatic rings. The van der Waals surface area contributed by atoms with Crippen LogP contribution in [0, 0.1) is 6.20 Å². The zero-order valence-electron chi connectivity index (χ0n) is 8.17. The molecule has 1 aromatic heterocycles. The van der Waals surface area contributed by atoms with Crippen LogP contribution in [-0.4, -0.2) is 9.78 Å². The summed E-state index contributed by atoms with van der Waals surface area (Å²) >= 11 is 0. The molecule has 12 heavy (non-hydrogen) atoms. The molecule has 0 fully saturated rings. The average molecular weight is 165 g/mol. The van der Waals surface area contributed by atoms with E-state index in [9.17, 15) is 0 Å². The Labute approximate surface area is 74.6 Å². The fraction of sp³-hybridized carbons (Fsp3) is 0.700. The van der Waals surface area contributed by atoms with Crippen LogP contribution in [-0.2, 0) is 6.54 Å². The number of aryl methyl sites for hydroxylation is 1. The van der Waals surface area contributed by atoms with Crippen molar-refractivity contribution in [3.8, 4) is 0 Å². The molecule has 0 aromatic carbocycles. The lowest BCUT2D eigenvalue weighted by Gasteiger charge is -2.08. The Morgan fingerprint density at radius 2 is 2.33 bits per heavy atom. The van der Waals surface area contributed by atoms with Crippen molar-refractivity contribution in [3.05, 3.63) is 18.0 Å². The molecule has 2 heteroatoms. The highest BCUT2D eigenvalue weighted by molar-refractivity contribution is 5.04. The summed E-state index contributed by atoms with van der Waals surface area (Å²) in [5, 5.41) is 4.17. The molecule has 1 heterocycles. The highest BCUT2D eigenvalue weighted by atomic mass is 15.3. The number of rotatable bonds is 4. The summed E-state index contributed by atoms with van der Waals surface area (Å²) < 4.78 is 2.06. The van der Waals surface area contributed by atoms with Crippen LogP contribution in [0.3, 0.4) is 0 Å². The first kappa shape index (κ1) is 9.30. The summed E-state index contributed by atoms with van der Waals surface area (Å²) in [5.74, 6) is 0.556. The van der Waals surface area contributed by atoms with Crippen LogP contribution in [0.5, 0.6) is 0 Å². The van der Waals surface area contributed by atoms with Gasteiger partial charge in [-0.05, 0) is 18.4 Å². The van der Waals surface area contributed by atoms with E-state index in [4.69, 9.17) is 0 Å². The maximum Gasteiger partial charge on any atom is 0.113 e. The highest BCUT2D eigenvalue weighted by Crippen LogP contribution is 2.13. The lowest BCUT2D eigenvalue weighted by atomic mass is 10.1. The van der Waals surface area contributed by atoms with Crippen LogP contribution in [0.15, 0.2) is 6.07 Å². The predicted molar refractivity (Wildman–Crippen MR) is 50.1 cm³/mol. The van der Waals surface area contributed by atoms with Crippen LogP contribution in [0.1, 0.15) is 45.2 Å². The summed E-state index contributed by atoms with van der Waals surface area (Å²) in [4.78, 5) is 0. The highest BCUT2D eigenvalue weighted by Gasteiger charge is 2.05. The first-order valence-corrected chi connectivity index (χ1v) is 4.69. The second-order valence-corrected chi connectivity index (χ2v) is 3.43. The van der Waals surface area contributed by atoms with E-state index >= 15 is 0 Å². The van der Waals surface area contributed by atoms with Gasteiger partial charge in [0.25, 0.3) is 0 Å². The second-order valence-electron chi connectivity index (χ2n) is 3.43. The van der Waals surface area contributed by atoms with E-state index in [2.05, 4.69) is 36.7 Å². The molecule has 0 unspecified atom stereocenters. The SMILES string of the molecule is CCCCn1n[c]cc1C(C)C. The molecule has 0 bridgehead atoms. The fourth-order valence-electron chi connectivity index (χ4n) is 1.25. The van der Waals surface area contributed by atoms with Gasteiger partial charge in [0.2, 0.25) is 0 Å². The van der Waals surface area contributed by atoms with Crippen molar-refractivity contribution in [2.24, 2.45) is 0 Å². The first-order valence-electron chi connectivity index (χ1n) is 4.69. The van der Waals surface area contributed by atoms with E-state index in [1.807, 2.05) is 6.07 Å². The third kappa shape index (κ3) is 2.10. The van der Waals surface area contributed by atoms with Crippen molar-refractivity contribution < 1.29 is 0 Å². The van der Waals surface area contributed by atoms with Crippen LogP contribution in [0.4, 0.5) is 0 Å². The summed E-state index contributed by atoms with van der Waals surface area (Å²) in [6, 6.07) is 1.99. The van der Waals surface area contributed by atoms with E-state index < -0.39 is 0 Å². The number of nitrogens with zero attached hydrogens (tertiary/aromatic N) is 2. The minimum absolute atomic E-state index is 0.556. The number of unbranched alkanes of at least 4 members (excludes halogenated alkanes) is 1. The lowest BCUT2D eigenvalue weighted by molar-refractivity contribution is 0.535. The summed E-state index contributed by atoms with van der Waals surface area (Å²) in [7, 11) is 0. The van der Waals surface area contributed by atoms with E-state index in [1.165, 1.54) is 18.5 Å². The maximum absolute atomic E-state index is 4.17. The fourth-order valence-corrected chi connectivity index (χ4v) is 1.25. The standard InChI is InChI=1S/C10H17N2/c1-4-5-8-12-10(9(2)3)6-7-11-12/h6,9H,4-5,8H2,1-3H3. The quantitative estimate of drug-likeness (QED) is 0.670. The molecule has 0 amide bonds. The van der Waals surface area contributed by atoms with Gasteiger partial charge in [0.15, 0.2) is 0 Å². The molecule has 1 rings (SSSR count). The Morgan fingerprint density at radius 3 is 2.92 bits per heavy atom. The zero-order chi connectivity index (χ0) is 8.97. The molecule has 0 saturated carbocycles. The Hall–Kier alpha value is -0.790. The molecule has 0 aliphatic carbocycles. The van der Waals surface area contributed by atoms with Crippen molar-refractivity contribution in [1.29, 1.82) is 0 Å². The van der Waals surface area contributed by atoms with Crippen molar-refractivity contribution in [1.82, 2.24) is 9.78 Å². The Kier molecular flexibility index (Phi) is 3.32. The third-order valence-electron chi connectivity index (χ3n) is 2.00. The lowest BCUT2D eigenvalue weighted by Crippen LogP contribution is -2.05. The molecule has 0 spiro atoms. The number of hydrogen-bond acceptors (Lipinski definition) is 1. The van der Waals surface area contributed by atoms with Gasteiger partial charge >= 0.3 is 0 Å². The molecule has 0 aliphatic rings. The third-order valence-corrected chi connectivity index (χ3v) is 2.00. The van der Waals surface area contributed by atoms with Gasteiger partial charge in [-0.1, -0.05) is 27.2 Å². The Balaban J connectivity index is 2.64. The van der Waals surface area contributed by atoms with Crippen molar-refractivity contribution in [3.63, 3.8) is 0 Å². The summed E-state index contributed by atoms with van der Waals surface area (Å²) in [6.45, 7) is 7.61. The molecular formula is C10H17N2. The van der Waals surface area contributed by atoms with E-state index in [1.54, 1.807) is 0 Å². The van der Waals surface area contributed by atoms with E-state index in [-0.39, 0.29) is 0 Å². The van der Waals surface area contributed by atoms with Crippen molar-refractivity contribution in [2.75, 3.05) is 0 Å². The van der Waals surface area contributed by atoms with Crippen LogP contribution >= 0.6 is 0 Å². The molecule has 0 aliphatic heterocycles. The Morgan fingerprint density at radius 1 is 1.58 bits per heavy atom. The molecule has 0 atom stereocenters. The van der Waals surface area contributed by atoms with Crippen molar-refractivity contribution >= 4 is 0 Å². The average Bonchev–Trinajstić information content (AvgIpc) is 2.48. The van der Waals surface area contributed by atoms with Gasteiger partial charge in [0, 0.05) is 12.2 Å². The largest absolute Gasteiger partial charge is 0.269 e. The molecule has 0 N–H and O–H groups in total. The summed E-state index contributed by atoms with van der Waals surface area (Å²) in [6.07, 6.45) is 5.32. The van der Waals surface area contributed by atoms with Gasteiger partial charge in [-0.2, -0.15) is 5.10 Å². The van der Waals surface area contributed by atoms with Gasteiger partial charge in [-0.25, -0.2) is 0 Å². The van der Waals surface area contributed by atoms with Gasteiger partial charge in [0.05, 0.1) is 0 Å². The predicted octanol–water partition coefficient (Wildman–Crippen LogP) is 2.61. The van der Waals surface area contributed by atoms with Gasteiger partial charge in [0.1, 0.15) is 6.20 Å². The zero-order valence-corrected chi connectivity index (χ0v) is 8.17. The Bertz CT molecular complexity index is 225. The van der Waals surface area contributed by atoms with E-state index in [0.29, 0.717) is 5.92 Å². The topological polar surface area (TPSA) is 17.8 Å². The normalized spacial score (nSPS) is 11.0. The van der Waals surface area contributed by atoms with Crippen LogP contribution < -0.4 is 0 Å². The van der Waals surface area contributed by atoms with E-state index in [0.717, 1.165) is 6.54 Å². The second kappa shape index (κ2) is 4.29. The molecule has 0 saturated heterocycles. The first-order chi connectivity index (χ1) is 5.75.